The lowest BCUT2D eigenvalue weighted by atomic mass is 10.1. The summed E-state index contributed by atoms with van der Waals surface area (Å²) in [5.41, 5.74) is 0.214. The van der Waals surface area contributed by atoms with E-state index in [1.165, 1.54) is 25.1 Å². The minimum atomic E-state index is -4.53. The average molecular weight is 459 g/mol. The highest BCUT2D eigenvalue weighted by molar-refractivity contribution is 5.92. The Morgan fingerprint density at radius 1 is 1.09 bits per heavy atom. The third-order valence-corrected chi connectivity index (χ3v) is 4.87. The number of aryl methyl sites for hydroxylation is 1. The van der Waals surface area contributed by atoms with Crippen LogP contribution in [0.3, 0.4) is 0 Å². The quantitative estimate of drug-likeness (QED) is 0.568. The molecule has 2 aromatic carbocycles. The number of benzene rings is 2. The summed E-state index contributed by atoms with van der Waals surface area (Å²) < 4.78 is 46.1. The summed E-state index contributed by atoms with van der Waals surface area (Å²) >= 11 is 0. The van der Waals surface area contributed by atoms with Crippen LogP contribution in [0.2, 0.25) is 0 Å². The number of carbonyl (C=O) groups excluding carboxylic acids is 1. The third kappa shape index (κ3) is 6.07. The van der Waals surface area contributed by atoms with Crippen molar-refractivity contribution in [3.63, 3.8) is 0 Å². The lowest BCUT2D eigenvalue weighted by Crippen LogP contribution is -2.32. The molecular formula is C24H24F3N3O3. The van der Waals surface area contributed by atoms with Crippen LogP contribution in [0.15, 0.2) is 59.4 Å². The number of hydrogen-bond acceptors (Lipinski definition) is 4. The molecule has 1 amide bonds. The molecular weight excluding hydrogens is 435 g/mol. The predicted octanol–water partition coefficient (Wildman–Crippen LogP) is 4.41. The van der Waals surface area contributed by atoms with Crippen molar-refractivity contribution < 1.29 is 22.7 Å². The number of nitrogens with one attached hydrogen (secondary N) is 1. The molecule has 6 nitrogen and oxygen atoms in total. The van der Waals surface area contributed by atoms with E-state index >= 15 is 0 Å². The summed E-state index contributed by atoms with van der Waals surface area (Å²) in [6, 6.07) is 13.1. The van der Waals surface area contributed by atoms with Crippen LogP contribution in [-0.4, -0.2) is 21.8 Å². The summed E-state index contributed by atoms with van der Waals surface area (Å²) in [6.45, 7) is 5.87. The smallest absolute Gasteiger partial charge is 0.374 e. The number of hydrogen-bond donors (Lipinski definition) is 1. The molecule has 3 rings (SSSR count). The Morgan fingerprint density at radius 3 is 2.45 bits per heavy atom. The monoisotopic (exact) mass is 459 g/mol. The molecule has 0 bridgehead atoms. The maximum atomic E-state index is 13.1. The van der Waals surface area contributed by atoms with Crippen LogP contribution in [0.25, 0.3) is 5.69 Å². The van der Waals surface area contributed by atoms with Crippen molar-refractivity contribution in [1.82, 2.24) is 15.1 Å². The van der Waals surface area contributed by atoms with Gasteiger partial charge in [-0.1, -0.05) is 30.3 Å². The molecule has 0 unspecified atom stereocenters. The second-order valence-corrected chi connectivity index (χ2v) is 7.77. The molecule has 0 saturated carbocycles. The number of alkyl halides is 3. The number of rotatable bonds is 7. The van der Waals surface area contributed by atoms with Crippen molar-refractivity contribution >= 4 is 5.91 Å². The Balaban J connectivity index is 1.85. The van der Waals surface area contributed by atoms with Gasteiger partial charge in [0, 0.05) is 18.3 Å². The van der Waals surface area contributed by atoms with Gasteiger partial charge in [0.1, 0.15) is 0 Å². The highest BCUT2D eigenvalue weighted by Crippen LogP contribution is 2.30. The molecule has 0 aliphatic heterocycles. The van der Waals surface area contributed by atoms with E-state index in [2.05, 4.69) is 10.4 Å². The molecule has 0 saturated heterocycles. The lowest BCUT2D eigenvalue weighted by molar-refractivity contribution is -0.137. The van der Waals surface area contributed by atoms with Crippen molar-refractivity contribution in [3.8, 4) is 5.69 Å². The zero-order valence-electron chi connectivity index (χ0n) is 18.4. The summed E-state index contributed by atoms with van der Waals surface area (Å²) in [7, 11) is 0. The largest absolute Gasteiger partial charge is 0.416 e. The van der Waals surface area contributed by atoms with Crippen LogP contribution >= 0.6 is 0 Å². The van der Waals surface area contributed by atoms with Gasteiger partial charge in [0.25, 0.3) is 5.91 Å². The van der Waals surface area contributed by atoms with E-state index in [9.17, 15) is 22.8 Å². The predicted molar refractivity (Wildman–Crippen MR) is 117 cm³/mol. The van der Waals surface area contributed by atoms with Crippen molar-refractivity contribution in [2.45, 2.75) is 46.2 Å². The minimum absolute atomic E-state index is 0.0405. The fourth-order valence-electron chi connectivity index (χ4n) is 3.17. The van der Waals surface area contributed by atoms with E-state index < -0.39 is 28.8 Å². The van der Waals surface area contributed by atoms with Crippen LogP contribution in [-0.2, 0) is 24.1 Å². The number of halogens is 3. The number of carbonyl (C=O) groups is 1. The number of amides is 1. The van der Waals surface area contributed by atoms with E-state index in [4.69, 9.17) is 4.74 Å². The number of ether oxygens (including phenoxy) is 1. The van der Waals surface area contributed by atoms with Crippen LogP contribution in [0.5, 0.6) is 0 Å². The summed E-state index contributed by atoms with van der Waals surface area (Å²) in [5.74, 6) is -0.722. The first kappa shape index (κ1) is 24.2. The Labute approximate surface area is 189 Å². The van der Waals surface area contributed by atoms with Gasteiger partial charge in [0.15, 0.2) is 5.69 Å². The molecule has 0 fully saturated rings. The van der Waals surface area contributed by atoms with Crippen LogP contribution in [0.4, 0.5) is 13.2 Å². The number of nitrogens with zero attached hydrogens (tertiary/aromatic N) is 2. The molecule has 9 heteroatoms. The molecule has 1 heterocycles. The zero-order valence-corrected chi connectivity index (χ0v) is 18.4. The number of aromatic nitrogens is 2. The lowest BCUT2D eigenvalue weighted by Gasteiger charge is -2.14. The molecule has 3 aromatic rings. The maximum Gasteiger partial charge on any atom is 0.416 e. The Hall–Kier alpha value is -3.46. The minimum Gasteiger partial charge on any atom is -0.374 e. The first-order chi connectivity index (χ1) is 15.6. The van der Waals surface area contributed by atoms with E-state index in [0.717, 1.165) is 27.9 Å². The Kier molecular flexibility index (Phi) is 7.33. The maximum absolute atomic E-state index is 13.1. The molecule has 0 radical (unpaired) electrons. The van der Waals surface area contributed by atoms with Crippen LogP contribution in [0.1, 0.15) is 46.7 Å². The molecule has 0 aliphatic rings. The SMILES string of the molecule is Cc1cc(=O)c(C(=O)NCc2ccccc2COC(C)C)nn1-c1cccc(C(F)(F)F)c1. The molecule has 0 spiro atoms. The van der Waals surface area contributed by atoms with Crippen molar-refractivity contribution in [2.75, 3.05) is 0 Å². The van der Waals surface area contributed by atoms with Gasteiger partial charge in [-0.3, -0.25) is 9.59 Å². The van der Waals surface area contributed by atoms with Gasteiger partial charge >= 0.3 is 6.18 Å². The highest BCUT2D eigenvalue weighted by Gasteiger charge is 2.30. The van der Waals surface area contributed by atoms with Crippen LogP contribution < -0.4 is 10.7 Å². The summed E-state index contributed by atoms with van der Waals surface area (Å²) in [5, 5.41) is 6.73. The van der Waals surface area contributed by atoms with Gasteiger partial charge in [-0.2, -0.15) is 18.3 Å². The fourth-order valence-corrected chi connectivity index (χ4v) is 3.17. The second-order valence-electron chi connectivity index (χ2n) is 7.77. The van der Waals surface area contributed by atoms with Gasteiger partial charge < -0.3 is 10.1 Å². The molecule has 0 aliphatic carbocycles. The van der Waals surface area contributed by atoms with Gasteiger partial charge in [-0.05, 0) is 50.1 Å². The van der Waals surface area contributed by atoms with Crippen molar-refractivity contribution in [1.29, 1.82) is 0 Å². The van der Waals surface area contributed by atoms with Crippen molar-refractivity contribution in [3.05, 3.63) is 92.9 Å². The van der Waals surface area contributed by atoms with Gasteiger partial charge in [-0.15, -0.1) is 0 Å². The first-order valence-electron chi connectivity index (χ1n) is 10.3. The Bertz CT molecular complexity index is 1200. The molecule has 0 atom stereocenters. The highest BCUT2D eigenvalue weighted by atomic mass is 19.4. The summed E-state index contributed by atoms with van der Waals surface area (Å²) in [4.78, 5) is 25.1. The van der Waals surface area contributed by atoms with Crippen molar-refractivity contribution in [2.24, 2.45) is 0 Å². The van der Waals surface area contributed by atoms with E-state index in [1.54, 1.807) is 0 Å². The van der Waals surface area contributed by atoms with Crippen LogP contribution in [0, 0.1) is 6.92 Å². The average Bonchev–Trinajstić information content (AvgIpc) is 2.76. The molecule has 174 valence electrons. The standard InChI is InChI=1S/C24H24F3N3O3/c1-15(2)33-14-18-8-5-4-7-17(18)13-28-23(32)22-21(31)11-16(3)30(29-22)20-10-6-9-19(12-20)24(25,26)27/h4-12,15H,13-14H2,1-3H3,(H,28,32). The Morgan fingerprint density at radius 2 is 1.79 bits per heavy atom. The molecule has 33 heavy (non-hydrogen) atoms. The molecule has 1 aromatic heterocycles. The summed E-state index contributed by atoms with van der Waals surface area (Å²) in [6.07, 6.45) is -4.49. The van der Waals surface area contributed by atoms with E-state index in [0.29, 0.717) is 12.3 Å². The van der Waals surface area contributed by atoms with Gasteiger partial charge in [0.2, 0.25) is 5.43 Å². The molecule has 1 N–H and O–H groups in total. The van der Waals surface area contributed by atoms with E-state index in [-0.39, 0.29) is 18.3 Å². The van der Waals surface area contributed by atoms with Gasteiger partial charge in [-0.25, -0.2) is 4.68 Å². The van der Waals surface area contributed by atoms with Gasteiger partial charge in [0.05, 0.1) is 24.0 Å². The zero-order chi connectivity index (χ0) is 24.2. The topological polar surface area (TPSA) is 73.2 Å². The fraction of sp³-hybridized carbons (Fsp3) is 0.292. The second kappa shape index (κ2) is 9.99. The third-order valence-electron chi connectivity index (χ3n) is 4.87. The van der Waals surface area contributed by atoms with E-state index in [1.807, 2.05) is 38.1 Å². The first-order valence-corrected chi connectivity index (χ1v) is 10.3. The normalized spacial score (nSPS) is 11.6.